The maximum Gasteiger partial charge on any atom is 0.146 e. The van der Waals surface area contributed by atoms with Gasteiger partial charge in [-0.2, -0.15) is 0 Å². The Balaban J connectivity index is 1.94. The molecule has 0 bridgehead atoms. The van der Waals surface area contributed by atoms with E-state index in [1.54, 1.807) is 0 Å². The molecule has 1 nitrogen and oxygen atoms in total. The SMILES string of the molecule is CN/C(Cc1ccccc1)=C(\c1ccccc1)[P+](c1ccccc1)(c1ccccc1)c1ccccc1. The monoisotopic (exact) mass is 484 g/mol. The van der Waals surface area contributed by atoms with Gasteiger partial charge in [0.25, 0.3) is 0 Å². The van der Waals surface area contributed by atoms with Gasteiger partial charge in [0.2, 0.25) is 0 Å². The van der Waals surface area contributed by atoms with Crippen molar-refractivity contribution in [3.63, 3.8) is 0 Å². The lowest BCUT2D eigenvalue weighted by Gasteiger charge is -2.31. The van der Waals surface area contributed by atoms with Crippen LogP contribution in [0, 0.1) is 0 Å². The molecule has 0 amide bonds. The fourth-order valence-electron chi connectivity index (χ4n) is 5.05. The zero-order chi connectivity index (χ0) is 24.6. The van der Waals surface area contributed by atoms with Crippen LogP contribution in [0.4, 0.5) is 0 Å². The predicted molar refractivity (Wildman–Crippen MR) is 158 cm³/mol. The largest absolute Gasteiger partial charge is 0.388 e. The van der Waals surface area contributed by atoms with E-state index in [4.69, 9.17) is 0 Å². The number of hydrogen-bond acceptors (Lipinski definition) is 1. The van der Waals surface area contributed by atoms with Gasteiger partial charge in [0.15, 0.2) is 0 Å². The maximum atomic E-state index is 3.67. The summed E-state index contributed by atoms with van der Waals surface area (Å²) >= 11 is 0. The summed E-state index contributed by atoms with van der Waals surface area (Å²) in [7, 11) is -0.211. The molecule has 0 aliphatic carbocycles. The molecule has 0 aliphatic heterocycles. The maximum absolute atomic E-state index is 3.67. The number of nitrogens with one attached hydrogen (secondary N) is 1. The molecule has 0 spiro atoms. The number of likely N-dealkylation sites (N-methyl/N-ethyl adjacent to an activating group) is 1. The van der Waals surface area contributed by atoms with Gasteiger partial charge in [0.05, 0.1) is 5.70 Å². The minimum atomic E-state index is -2.28. The summed E-state index contributed by atoms with van der Waals surface area (Å²) in [6.45, 7) is 0. The molecule has 0 heterocycles. The Morgan fingerprint density at radius 2 is 0.861 bits per heavy atom. The van der Waals surface area contributed by atoms with Crippen LogP contribution in [0.2, 0.25) is 0 Å². The van der Waals surface area contributed by atoms with Crippen molar-refractivity contribution >= 4 is 28.5 Å². The molecule has 0 aromatic heterocycles. The highest BCUT2D eigenvalue weighted by molar-refractivity contribution is 8.03. The van der Waals surface area contributed by atoms with Gasteiger partial charge in [-0.15, -0.1) is 0 Å². The highest BCUT2D eigenvalue weighted by Gasteiger charge is 2.51. The van der Waals surface area contributed by atoms with Crippen molar-refractivity contribution in [1.29, 1.82) is 0 Å². The van der Waals surface area contributed by atoms with Gasteiger partial charge >= 0.3 is 0 Å². The molecule has 0 atom stereocenters. The van der Waals surface area contributed by atoms with Crippen LogP contribution in [0.3, 0.4) is 0 Å². The summed E-state index contributed by atoms with van der Waals surface area (Å²) < 4.78 is 0. The number of allylic oxidation sites excluding steroid dienone is 1. The van der Waals surface area contributed by atoms with Gasteiger partial charge in [-0.1, -0.05) is 115 Å². The van der Waals surface area contributed by atoms with Gasteiger partial charge in [-0.3, -0.25) is 0 Å². The molecule has 0 fully saturated rings. The van der Waals surface area contributed by atoms with E-state index in [1.165, 1.54) is 38.1 Å². The van der Waals surface area contributed by atoms with Crippen LogP contribution in [-0.2, 0) is 6.42 Å². The minimum Gasteiger partial charge on any atom is -0.388 e. The van der Waals surface area contributed by atoms with E-state index >= 15 is 0 Å². The number of rotatable bonds is 8. The van der Waals surface area contributed by atoms with Crippen LogP contribution >= 0.6 is 7.26 Å². The normalized spacial score (nSPS) is 12.0. The Kier molecular flexibility index (Phi) is 7.41. The smallest absolute Gasteiger partial charge is 0.146 e. The second-order valence-electron chi connectivity index (χ2n) is 8.78. The van der Waals surface area contributed by atoms with Crippen LogP contribution in [0.5, 0.6) is 0 Å². The van der Waals surface area contributed by atoms with E-state index in [-0.39, 0.29) is 0 Å². The topological polar surface area (TPSA) is 12.0 Å². The second kappa shape index (κ2) is 11.2. The van der Waals surface area contributed by atoms with Gasteiger partial charge in [0.1, 0.15) is 28.5 Å². The molecular formula is C34H31NP+. The Bertz CT molecular complexity index is 1300. The molecule has 0 unspecified atom stereocenters. The molecular weight excluding hydrogens is 453 g/mol. The summed E-state index contributed by atoms with van der Waals surface area (Å²) in [5.41, 5.74) is 3.79. The van der Waals surface area contributed by atoms with Crippen LogP contribution in [0.25, 0.3) is 5.31 Å². The molecule has 2 heteroatoms. The molecule has 176 valence electrons. The average Bonchev–Trinajstić information content (AvgIpc) is 2.97. The summed E-state index contributed by atoms with van der Waals surface area (Å²) in [6.07, 6.45) is 0.829. The van der Waals surface area contributed by atoms with Crippen LogP contribution in [0.15, 0.2) is 157 Å². The zero-order valence-corrected chi connectivity index (χ0v) is 21.5. The van der Waals surface area contributed by atoms with E-state index < -0.39 is 7.26 Å². The fourth-order valence-corrected chi connectivity index (χ4v) is 9.71. The van der Waals surface area contributed by atoms with Crippen molar-refractivity contribution in [3.05, 3.63) is 168 Å². The lowest BCUT2D eigenvalue weighted by molar-refractivity contribution is 0.930. The molecule has 36 heavy (non-hydrogen) atoms. The first-order chi connectivity index (χ1) is 17.8. The Labute approximate surface area is 215 Å². The molecule has 5 aromatic carbocycles. The molecule has 0 radical (unpaired) electrons. The van der Waals surface area contributed by atoms with Crippen LogP contribution < -0.4 is 21.2 Å². The van der Waals surface area contributed by atoms with Crippen molar-refractivity contribution in [3.8, 4) is 0 Å². The minimum absolute atomic E-state index is 0.829. The third-order valence-electron chi connectivity index (χ3n) is 6.62. The van der Waals surface area contributed by atoms with Crippen molar-refractivity contribution < 1.29 is 0 Å². The second-order valence-corrected chi connectivity index (χ2v) is 12.1. The molecule has 5 aromatic rings. The van der Waals surface area contributed by atoms with Gasteiger partial charge in [0, 0.05) is 19.0 Å². The Morgan fingerprint density at radius 3 is 1.25 bits per heavy atom. The molecule has 5 rings (SSSR count). The first kappa shape index (κ1) is 23.8. The predicted octanol–water partition coefficient (Wildman–Crippen LogP) is 6.81. The van der Waals surface area contributed by atoms with Crippen molar-refractivity contribution in [2.45, 2.75) is 6.42 Å². The van der Waals surface area contributed by atoms with E-state index in [1.807, 2.05) is 0 Å². The summed E-state index contributed by atoms with van der Waals surface area (Å²) in [5, 5.41) is 9.09. The van der Waals surface area contributed by atoms with Crippen molar-refractivity contribution in [1.82, 2.24) is 5.32 Å². The molecule has 1 N–H and O–H groups in total. The van der Waals surface area contributed by atoms with E-state index in [2.05, 4.69) is 164 Å². The number of hydrogen-bond donors (Lipinski definition) is 1. The molecule has 0 saturated carbocycles. The Hall–Kier alpha value is -3.93. The molecule has 0 aliphatic rings. The highest BCUT2D eigenvalue weighted by atomic mass is 31.2. The van der Waals surface area contributed by atoms with Crippen molar-refractivity contribution in [2.24, 2.45) is 0 Å². The first-order valence-corrected chi connectivity index (χ1v) is 14.2. The third-order valence-corrected chi connectivity index (χ3v) is 11.0. The quantitative estimate of drug-likeness (QED) is 0.239. The standard InChI is InChI=1S/C34H31NP/c1-35-33(27-28-17-7-2-8-18-28)34(29-19-9-3-10-20-29)36(30-21-11-4-12-22-30,31-23-13-5-14-24-31)32-25-15-6-16-26-32/h2-26,35H,27H2,1H3/q+1/b34-33+. The summed E-state index contributed by atoms with van der Waals surface area (Å²) in [4.78, 5) is 0. The van der Waals surface area contributed by atoms with E-state index in [9.17, 15) is 0 Å². The lowest BCUT2D eigenvalue weighted by Crippen LogP contribution is -2.33. The third kappa shape index (κ3) is 4.63. The van der Waals surface area contributed by atoms with Crippen LogP contribution in [-0.4, -0.2) is 7.05 Å². The lowest BCUT2D eigenvalue weighted by atomic mass is 10.1. The van der Waals surface area contributed by atoms with Gasteiger partial charge in [-0.05, 0) is 42.0 Å². The van der Waals surface area contributed by atoms with Crippen molar-refractivity contribution in [2.75, 3.05) is 7.05 Å². The summed E-state index contributed by atoms with van der Waals surface area (Å²) in [6, 6.07) is 55.0. The number of benzene rings is 5. The first-order valence-electron chi connectivity index (χ1n) is 12.4. The fraction of sp³-hybridized carbons (Fsp3) is 0.0588. The van der Waals surface area contributed by atoms with E-state index in [0.29, 0.717) is 0 Å². The average molecular weight is 485 g/mol. The van der Waals surface area contributed by atoms with Crippen LogP contribution in [0.1, 0.15) is 11.1 Å². The summed E-state index contributed by atoms with van der Waals surface area (Å²) in [5.74, 6) is 0. The van der Waals surface area contributed by atoms with Gasteiger partial charge in [-0.25, -0.2) is 0 Å². The zero-order valence-electron chi connectivity index (χ0n) is 20.6. The molecule has 0 saturated heterocycles. The highest BCUT2D eigenvalue weighted by Crippen LogP contribution is 2.67. The van der Waals surface area contributed by atoms with E-state index in [0.717, 1.165) is 6.42 Å². The Morgan fingerprint density at radius 1 is 0.500 bits per heavy atom. The van der Waals surface area contributed by atoms with Gasteiger partial charge < -0.3 is 5.32 Å².